The zero-order chi connectivity index (χ0) is 26.6. The SMILES string of the molecule is O=C1CC(c2ccc(Cl)cc2Cl)N(C(=O)CCC2CCCC2)c2ccc(C(=O)N3CCCNCC3)cc2N1. The van der Waals surface area contributed by atoms with E-state index in [1.165, 1.54) is 12.8 Å². The van der Waals surface area contributed by atoms with Crippen molar-refractivity contribution in [3.8, 4) is 0 Å². The van der Waals surface area contributed by atoms with Crippen LogP contribution < -0.4 is 15.5 Å². The Balaban J connectivity index is 1.51. The molecule has 0 aromatic heterocycles. The summed E-state index contributed by atoms with van der Waals surface area (Å²) in [5, 5.41) is 7.17. The lowest BCUT2D eigenvalue weighted by Crippen LogP contribution is -2.36. The molecule has 2 fully saturated rings. The Morgan fingerprint density at radius 1 is 0.974 bits per heavy atom. The molecule has 3 amide bonds. The first-order chi connectivity index (χ1) is 18.4. The summed E-state index contributed by atoms with van der Waals surface area (Å²) in [6, 6.07) is 9.82. The molecule has 38 heavy (non-hydrogen) atoms. The fourth-order valence-electron chi connectivity index (χ4n) is 5.92. The quantitative estimate of drug-likeness (QED) is 0.486. The minimum absolute atomic E-state index is 0.0479. The number of carbonyl (C=O) groups is 3. The van der Waals surface area contributed by atoms with Crippen LogP contribution in [0.2, 0.25) is 10.0 Å². The third kappa shape index (κ3) is 6.00. The van der Waals surface area contributed by atoms with Gasteiger partial charge in [0.2, 0.25) is 11.8 Å². The zero-order valence-electron chi connectivity index (χ0n) is 21.5. The highest BCUT2D eigenvalue weighted by Gasteiger charge is 2.35. The van der Waals surface area contributed by atoms with E-state index in [-0.39, 0.29) is 24.1 Å². The lowest BCUT2D eigenvalue weighted by atomic mass is 9.98. The largest absolute Gasteiger partial charge is 0.337 e. The first-order valence-corrected chi connectivity index (χ1v) is 14.4. The number of fused-ring (bicyclic) bond motifs is 1. The van der Waals surface area contributed by atoms with Gasteiger partial charge in [-0.1, -0.05) is 55.0 Å². The van der Waals surface area contributed by atoms with Crippen LogP contribution in [-0.2, 0) is 9.59 Å². The molecule has 2 aromatic carbocycles. The van der Waals surface area contributed by atoms with Crippen molar-refractivity contribution in [1.29, 1.82) is 0 Å². The highest BCUT2D eigenvalue weighted by Crippen LogP contribution is 2.42. The van der Waals surface area contributed by atoms with E-state index in [1.54, 1.807) is 41.3 Å². The van der Waals surface area contributed by atoms with E-state index in [2.05, 4.69) is 10.6 Å². The van der Waals surface area contributed by atoms with Crippen LogP contribution in [0.1, 0.15) is 73.3 Å². The third-order valence-electron chi connectivity index (χ3n) is 7.93. The molecule has 1 saturated carbocycles. The molecular weight excluding hydrogens is 523 g/mol. The molecule has 1 unspecified atom stereocenters. The monoisotopic (exact) mass is 556 g/mol. The molecule has 202 valence electrons. The van der Waals surface area contributed by atoms with E-state index >= 15 is 0 Å². The molecular formula is C29H34Cl2N4O3. The van der Waals surface area contributed by atoms with E-state index in [0.29, 0.717) is 58.0 Å². The van der Waals surface area contributed by atoms with E-state index in [4.69, 9.17) is 23.2 Å². The molecule has 2 aromatic rings. The summed E-state index contributed by atoms with van der Waals surface area (Å²) in [6.45, 7) is 2.94. The van der Waals surface area contributed by atoms with Crippen LogP contribution in [0.3, 0.4) is 0 Å². The second-order valence-corrected chi connectivity index (χ2v) is 11.4. The van der Waals surface area contributed by atoms with Gasteiger partial charge in [0.05, 0.1) is 23.8 Å². The molecule has 1 atom stereocenters. The average Bonchev–Trinajstić information content (AvgIpc) is 3.20. The minimum atomic E-state index is -0.588. The number of rotatable bonds is 5. The number of nitrogens with zero attached hydrogens (tertiary/aromatic N) is 2. The first kappa shape index (κ1) is 27.0. The van der Waals surface area contributed by atoms with Crippen LogP contribution in [0, 0.1) is 5.92 Å². The van der Waals surface area contributed by atoms with Gasteiger partial charge in [-0.25, -0.2) is 0 Å². The molecule has 0 spiro atoms. The number of carbonyl (C=O) groups excluding carboxylic acids is 3. The minimum Gasteiger partial charge on any atom is -0.337 e. The molecule has 2 N–H and O–H groups in total. The maximum Gasteiger partial charge on any atom is 0.253 e. The van der Waals surface area contributed by atoms with Gasteiger partial charge in [-0.2, -0.15) is 0 Å². The molecule has 7 nitrogen and oxygen atoms in total. The van der Waals surface area contributed by atoms with Gasteiger partial charge in [0.25, 0.3) is 5.91 Å². The molecule has 0 radical (unpaired) electrons. The van der Waals surface area contributed by atoms with Gasteiger partial charge in [0.1, 0.15) is 0 Å². The summed E-state index contributed by atoms with van der Waals surface area (Å²) in [5.41, 5.74) is 2.21. The maximum atomic E-state index is 13.9. The summed E-state index contributed by atoms with van der Waals surface area (Å²) in [4.78, 5) is 43.9. The Kier molecular flexibility index (Phi) is 8.56. The summed E-state index contributed by atoms with van der Waals surface area (Å²) in [6.07, 6.45) is 6.91. The van der Waals surface area contributed by atoms with Gasteiger partial charge < -0.3 is 20.4 Å². The highest BCUT2D eigenvalue weighted by atomic mass is 35.5. The highest BCUT2D eigenvalue weighted by molar-refractivity contribution is 6.35. The number of hydrogen-bond donors (Lipinski definition) is 2. The number of hydrogen-bond acceptors (Lipinski definition) is 4. The second-order valence-electron chi connectivity index (χ2n) is 10.5. The van der Waals surface area contributed by atoms with Gasteiger partial charge in [0, 0.05) is 41.7 Å². The van der Waals surface area contributed by atoms with Gasteiger partial charge >= 0.3 is 0 Å². The first-order valence-electron chi connectivity index (χ1n) is 13.6. The Labute approximate surface area is 233 Å². The number of anilines is 2. The molecule has 1 aliphatic carbocycles. The van der Waals surface area contributed by atoms with E-state index in [9.17, 15) is 14.4 Å². The standard InChI is InChI=1S/C29H34Cl2N4O3/c30-21-8-9-22(23(31)17-21)26-18-27(36)33-24-16-20(29(38)34-14-3-12-32-13-15-34)7-10-25(24)35(26)28(37)11-6-19-4-1-2-5-19/h7-10,16-17,19,26,32H,1-6,11-15,18H2,(H,33,36). The van der Waals surface area contributed by atoms with Gasteiger partial charge in [-0.3, -0.25) is 14.4 Å². The van der Waals surface area contributed by atoms with E-state index in [1.807, 2.05) is 4.90 Å². The smallest absolute Gasteiger partial charge is 0.253 e. The second kappa shape index (κ2) is 12.1. The summed E-state index contributed by atoms with van der Waals surface area (Å²) < 4.78 is 0. The van der Waals surface area contributed by atoms with E-state index in [0.717, 1.165) is 38.8 Å². The third-order valence-corrected chi connectivity index (χ3v) is 8.49. The normalized spacial score (nSPS) is 20.5. The van der Waals surface area contributed by atoms with Gasteiger partial charge in [-0.05, 0) is 61.2 Å². The molecule has 9 heteroatoms. The van der Waals surface area contributed by atoms with Crippen LogP contribution in [0.5, 0.6) is 0 Å². The summed E-state index contributed by atoms with van der Waals surface area (Å²) in [5.74, 6) is 0.192. The Morgan fingerprint density at radius 3 is 2.58 bits per heavy atom. The maximum absolute atomic E-state index is 13.9. The lowest BCUT2D eigenvalue weighted by molar-refractivity contribution is -0.119. The Morgan fingerprint density at radius 2 is 1.79 bits per heavy atom. The lowest BCUT2D eigenvalue weighted by Gasteiger charge is -2.32. The number of benzene rings is 2. The van der Waals surface area contributed by atoms with Crippen molar-refractivity contribution in [1.82, 2.24) is 10.2 Å². The molecule has 2 aliphatic heterocycles. The van der Waals surface area contributed by atoms with Crippen LogP contribution >= 0.6 is 23.2 Å². The van der Waals surface area contributed by atoms with Crippen molar-refractivity contribution in [2.24, 2.45) is 5.92 Å². The van der Waals surface area contributed by atoms with Gasteiger partial charge in [-0.15, -0.1) is 0 Å². The summed E-state index contributed by atoms with van der Waals surface area (Å²) >= 11 is 12.8. The van der Waals surface area contributed by atoms with Crippen molar-refractivity contribution in [2.45, 2.75) is 57.4 Å². The van der Waals surface area contributed by atoms with E-state index < -0.39 is 6.04 Å². The van der Waals surface area contributed by atoms with Crippen molar-refractivity contribution in [2.75, 3.05) is 36.4 Å². The van der Waals surface area contributed by atoms with Crippen LogP contribution in [0.4, 0.5) is 11.4 Å². The van der Waals surface area contributed by atoms with Gasteiger partial charge in [0.15, 0.2) is 0 Å². The zero-order valence-corrected chi connectivity index (χ0v) is 23.0. The molecule has 5 rings (SSSR count). The van der Waals surface area contributed by atoms with Crippen molar-refractivity contribution in [3.05, 3.63) is 57.6 Å². The molecule has 0 bridgehead atoms. The molecule has 3 aliphatic rings. The molecule has 1 saturated heterocycles. The predicted octanol–water partition coefficient (Wildman–Crippen LogP) is 5.82. The Bertz CT molecular complexity index is 1210. The van der Waals surface area contributed by atoms with Crippen molar-refractivity contribution in [3.63, 3.8) is 0 Å². The number of halogens is 2. The number of amides is 3. The van der Waals surface area contributed by atoms with Crippen LogP contribution in [-0.4, -0.2) is 48.8 Å². The number of nitrogens with one attached hydrogen (secondary N) is 2. The Hall–Kier alpha value is -2.61. The van der Waals surface area contributed by atoms with Crippen molar-refractivity contribution >= 4 is 52.3 Å². The van der Waals surface area contributed by atoms with Crippen LogP contribution in [0.25, 0.3) is 0 Å². The fourth-order valence-corrected chi connectivity index (χ4v) is 6.46. The average molecular weight is 558 g/mol. The summed E-state index contributed by atoms with van der Waals surface area (Å²) in [7, 11) is 0. The fraction of sp³-hybridized carbons (Fsp3) is 0.483. The predicted molar refractivity (Wildman–Crippen MR) is 151 cm³/mol. The van der Waals surface area contributed by atoms with Crippen LogP contribution in [0.15, 0.2) is 36.4 Å². The van der Waals surface area contributed by atoms with Crippen molar-refractivity contribution < 1.29 is 14.4 Å². The topological polar surface area (TPSA) is 81.8 Å². The molecule has 2 heterocycles.